The summed E-state index contributed by atoms with van der Waals surface area (Å²) in [6.45, 7) is 5.68. The van der Waals surface area contributed by atoms with Crippen LogP contribution in [0.5, 0.6) is 0 Å². The summed E-state index contributed by atoms with van der Waals surface area (Å²) < 4.78 is 0. The maximum Gasteiger partial charge on any atom is 0.141 e. The zero-order valence-electron chi connectivity index (χ0n) is 9.36. The molecule has 0 amide bonds. The molecule has 1 rings (SSSR count). The fraction of sp³-hybridized carbons (Fsp3) is 0.500. The van der Waals surface area contributed by atoms with Crippen LogP contribution in [0.15, 0.2) is 24.5 Å². The SMILES string of the molecule is CCNCC(C)C(=O)Cc1ccncc1. The molecule has 1 atom stereocenters. The average Bonchev–Trinajstić information content (AvgIpc) is 2.27. The first-order chi connectivity index (χ1) is 7.24. The number of Topliss-reactive ketones (excluding diaryl/α,β-unsaturated/α-hetero) is 1. The van der Waals surface area contributed by atoms with E-state index in [0.29, 0.717) is 6.42 Å². The normalized spacial score (nSPS) is 12.4. The van der Waals surface area contributed by atoms with Crippen LogP contribution in [0.1, 0.15) is 19.4 Å². The van der Waals surface area contributed by atoms with Crippen LogP contribution >= 0.6 is 0 Å². The van der Waals surface area contributed by atoms with Gasteiger partial charge in [0.25, 0.3) is 0 Å². The van der Waals surface area contributed by atoms with E-state index in [1.54, 1.807) is 12.4 Å². The highest BCUT2D eigenvalue weighted by Crippen LogP contribution is 2.04. The van der Waals surface area contributed by atoms with Crippen LogP contribution < -0.4 is 5.32 Å². The number of nitrogens with one attached hydrogen (secondary N) is 1. The molecular formula is C12H18N2O. The molecule has 0 aliphatic rings. The van der Waals surface area contributed by atoms with Crippen LogP contribution in [-0.4, -0.2) is 23.9 Å². The topological polar surface area (TPSA) is 42.0 Å². The number of carbonyl (C=O) groups is 1. The first kappa shape index (κ1) is 11.9. The van der Waals surface area contributed by atoms with Crippen molar-refractivity contribution in [1.29, 1.82) is 0 Å². The Morgan fingerprint density at radius 2 is 2.13 bits per heavy atom. The van der Waals surface area contributed by atoms with E-state index in [1.807, 2.05) is 26.0 Å². The van der Waals surface area contributed by atoms with Crippen LogP contribution in [0.4, 0.5) is 0 Å². The summed E-state index contributed by atoms with van der Waals surface area (Å²) in [6, 6.07) is 3.77. The molecule has 3 nitrogen and oxygen atoms in total. The Hall–Kier alpha value is -1.22. The summed E-state index contributed by atoms with van der Waals surface area (Å²) in [6.07, 6.45) is 3.95. The molecule has 0 saturated carbocycles. The van der Waals surface area contributed by atoms with E-state index in [0.717, 1.165) is 18.7 Å². The van der Waals surface area contributed by atoms with Gasteiger partial charge in [-0.1, -0.05) is 13.8 Å². The van der Waals surface area contributed by atoms with Crippen molar-refractivity contribution in [2.75, 3.05) is 13.1 Å². The number of rotatable bonds is 6. The van der Waals surface area contributed by atoms with Gasteiger partial charge in [-0.25, -0.2) is 0 Å². The third kappa shape index (κ3) is 4.21. The monoisotopic (exact) mass is 206 g/mol. The molecule has 0 bridgehead atoms. The Labute approximate surface area is 90.9 Å². The van der Waals surface area contributed by atoms with Gasteiger partial charge < -0.3 is 5.32 Å². The number of carbonyl (C=O) groups excluding carboxylic acids is 1. The van der Waals surface area contributed by atoms with E-state index in [9.17, 15) is 4.79 Å². The van der Waals surface area contributed by atoms with Gasteiger partial charge in [-0.2, -0.15) is 0 Å². The van der Waals surface area contributed by atoms with Gasteiger partial charge in [0, 0.05) is 31.3 Å². The molecule has 0 aliphatic carbocycles. The fourth-order valence-electron chi connectivity index (χ4n) is 1.35. The Morgan fingerprint density at radius 3 is 2.73 bits per heavy atom. The summed E-state index contributed by atoms with van der Waals surface area (Å²) in [4.78, 5) is 15.7. The molecule has 1 aromatic rings. The maximum atomic E-state index is 11.8. The molecule has 0 saturated heterocycles. The van der Waals surface area contributed by atoms with Gasteiger partial charge in [-0.05, 0) is 24.2 Å². The minimum absolute atomic E-state index is 0.0816. The van der Waals surface area contributed by atoms with E-state index in [-0.39, 0.29) is 11.7 Å². The Bertz CT molecular complexity index is 298. The third-order valence-corrected chi connectivity index (χ3v) is 2.38. The smallest absolute Gasteiger partial charge is 0.141 e. The zero-order valence-corrected chi connectivity index (χ0v) is 9.36. The molecule has 0 aromatic carbocycles. The molecule has 15 heavy (non-hydrogen) atoms. The van der Waals surface area contributed by atoms with Crippen LogP contribution in [-0.2, 0) is 11.2 Å². The summed E-state index contributed by atoms with van der Waals surface area (Å²) in [5.41, 5.74) is 1.04. The van der Waals surface area contributed by atoms with E-state index in [1.165, 1.54) is 0 Å². The molecule has 3 heteroatoms. The minimum Gasteiger partial charge on any atom is -0.316 e. The number of aromatic nitrogens is 1. The van der Waals surface area contributed by atoms with Crippen molar-refractivity contribution in [2.24, 2.45) is 5.92 Å². The highest BCUT2D eigenvalue weighted by Gasteiger charge is 2.12. The van der Waals surface area contributed by atoms with E-state index < -0.39 is 0 Å². The second-order valence-electron chi connectivity index (χ2n) is 3.71. The Morgan fingerprint density at radius 1 is 1.47 bits per heavy atom. The molecule has 0 aliphatic heterocycles. The van der Waals surface area contributed by atoms with Crippen molar-refractivity contribution < 1.29 is 4.79 Å². The second-order valence-corrected chi connectivity index (χ2v) is 3.71. The van der Waals surface area contributed by atoms with Gasteiger partial charge in [0.1, 0.15) is 5.78 Å². The second kappa shape index (κ2) is 6.30. The van der Waals surface area contributed by atoms with Crippen molar-refractivity contribution in [1.82, 2.24) is 10.3 Å². The predicted octanol–water partition coefficient (Wildman–Crippen LogP) is 1.44. The standard InChI is InChI=1S/C12H18N2O/c1-3-13-9-10(2)12(15)8-11-4-6-14-7-5-11/h4-7,10,13H,3,8-9H2,1-2H3. The number of hydrogen-bond donors (Lipinski definition) is 1. The first-order valence-electron chi connectivity index (χ1n) is 5.36. The number of pyridine rings is 1. The summed E-state index contributed by atoms with van der Waals surface area (Å²) in [5.74, 6) is 0.361. The minimum atomic E-state index is 0.0816. The van der Waals surface area contributed by atoms with Gasteiger partial charge in [0.15, 0.2) is 0 Å². The third-order valence-electron chi connectivity index (χ3n) is 2.38. The molecule has 0 spiro atoms. The number of ketones is 1. The average molecular weight is 206 g/mol. The quantitative estimate of drug-likeness (QED) is 0.765. The Balaban J connectivity index is 2.42. The lowest BCUT2D eigenvalue weighted by Crippen LogP contribution is -2.27. The van der Waals surface area contributed by atoms with Gasteiger partial charge >= 0.3 is 0 Å². The molecule has 0 radical (unpaired) electrons. The lowest BCUT2D eigenvalue weighted by molar-refractivity contribution is -0.121. The van der Waals surface area contributed by atoms with Crippen molar-refractivity contribution in [3.8, 4) is 0 Å². The van der Waals surface area contributed by atoms with E-state index in [4.69, 9.17) is 0 Å². The van der Waals surface area contributed by atoms with Crippen LogP contribution in [0, 0.1) is 5.92 Å². The summed E-state index contributed by atoms with van der Waals surface area (Å²) >= 11 is 0. The molecule has 0 fully saturated rings. The lowest BCUT2D eigenvalue weighted by atomic mass is 10.0. The van der Waals surface area contributed by atoms with Crippen LogP contribution in [0.3, 0.4) is 0 Å². The Kier molecular flexibility index (Phi) is 4.98. The van der Waals surface area contributed by atoms with Crippen LogP contribution in [0.2, 0.25) is 0 Å². The van der Waals surface area contributed by atoms with Crippen molar-refractivity contribution in [3.05, 3.63) is 30.1 Å². The molecule has 1 N–H and O–H groups in total. The lowest BCUT2D eigenvalue weighted by Gasteiger charge is -2.10. The highest BCUT2D eigenvalue weighted by molar-refractivity contribution is 5.83. The largest absolute Gasteiger partial charge is 0.316 e. The van der Waals surface area contributed by atoms with E-state index >= 15 is 0 Å². The first-order valence-corrected chi connectivity index (χ1v) is 5.36. The summed E-state index contributed by atoms with van der Waals surface area (Å²) in [7, 11) is 0. The van der Waals surface area contributed by atoms with Gasteiger partial charge in [-0.15, -0.1) is 0 Å². The highest BCUT2D eigenvalue weighted by atomic mass is 16.1. The molecule has 1 unspecified atom stereocenters. The van der Waals surface area contributed by atoms with Crippen molar-refractivity contribution in [3.63, 3.8) is 0 Å². The maximum absolute atomic E-state index is 11.8. The molecule has 1 heterocycles. The number of nitrogens with zero attached hydrogens (tertiary/aromatic N) is 1. The van der Waals surface area contributed by atoms with Gasteiger partial charge in [0.05, 0.1) is 0 Å². The van der Waals surface area contributed by atoms with Gasteiger partial charge in [-0.3, -0.25) is 9.78 Å². The molecule has 82 valence electrons. The van der Waals surface area contributed by atoms with Crippen molar-refractivity contribution in [2.45, 2.75) is 20.3 Å². The predicted molar refractivity (Wildman–Crippen MR) is 60.7 cm³/mol. The van der Waals surface area contributed by atoms with Crippen molar-refractivity contribution >= 4 is 5.78 Å². The molecular weight excluding hydrogens is 188 g/mol. The zero-order chi connectivity index (χ0) is 11.1. The number of hydrogen-bond acceptors (Lipinski definition) is 3. The van der Waals surface area contributed by atoms with Crippen LogP contribution in [0.25, 0.3) is 0 Å². The molecule has 1 aromatic heterocycles. The van der Waals surface area contributed by atoms with E-state index in [2.05, 4.69) is 10.3 Å². The van der Waals surface area contributed by atoms with Gasteiger partial charge in [0.2, 0.25) is 0 Å². The fourth-order valence-corrected chi connectivity index (χ4v) is 1.35. The summed E-state index contributed by atoms with van der Waals surface area (Å²) in [5, 5.41) is 3.18.